The predicted molar refractivity (Wildman–Crippen MR) is 123 cm³/mol. The van der Waals surface area contributed by atoms with Crippen LogP contribution in [0.15, 0.2) is 24.3 Å². The van der Waals surface area contributed by atoms with E-state index in [2.05, 4.69) is 45.1 Å². The number of anilines is 1. The van der Waals surface area contributed by atoms with Crippen molar-refractivity contribution in [2.24, 2.45) is 11.7 Å². The molecule has 1 heterocycles. The number of thiophene rings is 1. The minimum absolute atomic E-state index is 0.111. The lowest BCUT2D eigenvalue weighted by molar-refractivity contribution is -0.116. The molecule has 1 aliphatic rings. The Labute approximate surface area is 183 Å². The fraction of sp³-hybridized carbons (Fsp3) is 0.500. The molecular formula is C24H32N2O3S. The zero-order valence-corrected chi connectivity index (χ0v) is 19.2. The van der Waals surface area contributed by atoms with Crippen LogP contribution >= 0.6 is 11.3 Å². The molecule has 0 aliphatic heterocycles. The number of fused-ring (bicyclic) bond motifs is 1. The molecule has 0 radical (unpaired) electrons. The molecule has 1 aromatic carbocycles. The molecule has 162 valence electrons. The van der Waals surface area contributed by atoms with E-state index in [-0.39, 0.29) is 11.3 Å². The van der Waals surface area contributed by atoms with Crippen LogP contribution in [-0.4, -0.2) is 18.4 Å². The Bertz CT molecular complexity index is 910. The molecule has 5 nitrogen and oxygen atoms in total. The fourth-order valence-corrected chi connectivity index (χ4v) is 5.19. The highest BCUT2D eigenvalue weighted by Gasteiger charge is 2.27. The van der Waals surface area contributed by atoms with Crippen LogP contribution in [0.5, 0.6) is 5.75 Å². The minimum atomic E-state index is -0.459. The van der Waals surface area contributed by atoms with Gasteiger partial charge in [0.25, 0.3) is 5.91 Å². The van der Waals surface area contributed by atoms with Crippen molar-refractivity contribution in [3.05, 3.63) is 45.8 Å². The van der Waals surface area contributed by atoms with Crippen molar-refractivity contribution in [1.29, 1.82) is 0 Å². The highest BCUT2D eigenvalue weighted by molar-refractivity contribution is 7.17. The second-order valence-electron chi connectivity index (χ2n) is 9.19. The Morgan fingerprint density at radius 3 is 2.57 bits per heavy atom. The van der Waals surface area contributed by atoms with Gasteiger partial charge in [0.05, 0.1) is 12.2 Å². The van der Waals surface area contributed by atoms with Crippen LogP contribution < -0.4 is 15.8 Å². The number of nitrogens with two attached hydrogens (primary N) is 1. The molecule has 1 aliphatic carbocycles. The molecule has 3 N–H and O–H groups in total. The molecule has 0 bridgehead atoms. The van der Waals surface area contributed by atoms with Crippen molar-refractivity contribution in [3.63, 3.8) is 0 Å². The van der Waals surface area contributed by atoms with Gasteiger partial charge in [-0.25, -0.2) is 0 Å². The minimum Gasteiger partial charge on any atom is -0.494 e. The van der Waals surface area contributed by atoms with E-state index >= 15 is 0 Å². The largest absolute Gasteiger partial charge is 0.494 e. The number of carbonyl (C=O) groups excluding carboxylic acids is 2. The van der Waals surface area contributed by atoms with Crippen LogP contribution in [0, 0.1) is 5.92 Å². The zero-order chi connectivity index (χ0) is 21.9. The van der Waals surface area contributed by atoms with E-state index < -0.39 is 5.91 Å². The first-order valence-electron chi connectivity index (χ1n) is 10.6. The first-order valence-corrected chi connectivity index (χ1v) is 11.4. The van der Waals surface area contributed by atoms with Crippen molar-refractivity contribution >= 4 is 28.2 Å². The van der Waals surface area contributed by atoms with Crippen LogP contribution in [0.4, 0.5) is 5.00 Å². The number of hydrogen-bond donors (Lipinski definition) is 2. The van der Waals surface area contributed by atoms with Gasteiger partial charge in [0.2, 0.25) is 5.91 Å². The zero-order valence-electron chi connectivity index (χ0n) is 18.3. The van der Waals surface area contributed by atoms with Gasteiger partial charge in [0.1, 0.15) is 10.8 Å². The third-order valence-electron chi connectivity index (χ3n) is 5.55. The number of hydrogen-bond acceptors (Lipinski definition) is 4. The Morgan fingerprint density at radius 1 is 1.23 bits per heavy atom. The maximum Gasteiger partial charge on any atom is 0.251 e. The average molecular weight is 429 g/mol. The standard InChI is InChI=1S/C24H32N2O3S/c1-15-7-12-18-19(14-15)30-23(21(18)22(25)28)26-20(27)6-5-13-29-17-10-8-16(9-11-17)24(2,3)4/h8-11,15H,5-7,12-14H2,1-4H3,(H2,25,28)(H,26,27)/t15-/m1/s1. The van der Waals surface area contributed by atoms with Gasteiger partial charge in [-0.1, -0.05) is 39.8 Å². The van der Waals surface area contributed by atoms with E-state index in [0.29, 0.717) is 35.9 Å². The van der Waals surface area contributed by atoms with Gasteiger partial charge < -0.3 is 15.8 Å². The molecule has 2 aromatic rings. The summed E-state index contributed by atoms with van der Waals surface area (Å²) in [5.41, 5.74) is 8.52. The molecule has 30 heavy (non-hydrogen) atoms. The second kappa shape index (κ2) is 9.21. The van der Waals surface area contributed by atoms with Gasteiger partial charge in [0.15, 0.2) is 0 Å². The number of primary amides is 1. The van der Waals surface area contributed by atoms with E-state index in [0.717, 1.165) is 30.6 Å². The lowest BCUT2D eigenvalue weighted by Gasteiger charge is -2.19. The number of ether oxygens (including phenoxy) is 1. The SMILES string of the molecule is C[C@@H]1CCc2c(sc(NC(=O)CCCOc3ccc(C(C)(C)C)cc3)c2C(N)=O)C1. The molecule has 6 heteroatoms. The third kappa shape index (κ3) is 5.42. The average Bonchev–Trinajstić information content (AvgIpc) is 3.01. The molecule has 3 rings (SSSR count). The number of rotatable bonds is 7. The van der Waals surface area contributed by atoms with Gasteiger partial charge in [-0.3, -0.25) is 9.59 Å². The maximum absolute atomic E-state index is 12.4. The summed E-state index contributed by atoms with van der Waals surface area (Å²) in [5, 5.41) is 3.51. The quantitative estimate of drug-likeness (QED) is 0.604. The number of nitrogens with one attached hydrogen (secondary N) is 1. The lowest BCUT2D eigenvalue weighted by atomic mass is 9.87. The van der Waals surface area contributed by atoms with Gasteiger partial charge in [-0.05, 0) is 60.3 Å². The van der Waals surface area contributed by atoms with E-state index in [1.165, 1.54) is 21.8 Å². The predicted octanol–water partition coefficient (Wildman–Crippen LogP) is 5.07. The van der Waals surface area contributed by atoms with Crippen molar-refractivity contribution in [3.8, 4) is 5.75 Å². The highest BCUT2D eigenvalue weighted by Crippen LogP contribution is 2.39. The Morgan fingerprint density at radius 2 is 1.93 bits per heavy atom. The van der Waals surface area contributed by atoms with Gasteiger partial charge in [0, 0.05) is 11.3 Å². The van der Waals surface area contributed by atoms with Crippen molar-refractivity contribution in [2.75, 3.05) is 11.9 Å². The number of carbonyl (C=O) groups is 2. The molecule has 0 saturated heterocycles. The summed E-state index contributed by atoms with van der Waals surface area (Å²) >= 11 is 1.50. The van der Waals surface area contributed by atoms with Crippen LogP contribution in [0.3, 0.4) is 0 Å². The second-order valence-corrected chi connectivity index (χ2v) is 10.3. The first-order chi connectivity index (χ1) is 14.1. The monoisotopic (exact) mass is 428 g/mol. The van der Waals surface area contributed by atoms with E-state index in [4.69, 9.17) is 10.5 Å². The van der Waals surface area contributed by atoms with Crippen LogP contribution in [0.2, 0.25) is 0 Å². The van der Waals surface area contributed by atoms with E-state index in [1.807, 2.05) is 12.1 Å². The molecule has 0 unspecified atom stereocenters. The van der Waals surface area contributed by atoms with Gasteiger partial charge in [-0.2, -0.15) is 0 Å². The number of benzene rings is 1. The molecule has 1 atom stereocenters. The molecular weight excluding hydrogens is 396 g/mol. The Balaban J connectivity index is 1.51. The van der Waals surface area contributed by atoms with Gasteiger partial charge >= 0.3 is 0 Å². The third-order valence-corrected chi connectivity index (χ3v) is 6.72. The van der Waals surface area contributed by atoms with Crippen molar-refractivity contribution in [1.82, 2.24) is 0 Å². The molecule has 1 aromatic heterocycles. The molecule has 0 spiro atoms. The summed E-state index contributed by atoms with van der Waals surface area (Å²) < 4.78 is 5.76. The van der Waals surface area contributed by atoms with Crippen molar-refractivity contribution < 1.29 is 14.3 Å². The van der Waals surface area contributed by atoms with Crippen LogP contribution in [0.25, 0.3) is 0 Å². The topological polar surface area (TPSA) is 81.4 Å². The summed E-state index contributed by atoms with van der Waals surface area (Å²) in [6, 6.07) is 8.09. The van der Waals surface area contributed by atoms with Crippen LogP contribution in [-0.2, 0) is 23.1 Å². The van der Waals surface area contributed by atoms with E-state index in [9.17, 15) is 9.59 Å². The fourth-order valence-electron chi connectivity index (χ4n) is 3.76. The molecule has 2 amide bonds. The molecule has 0 saturated carbocycles. The summed E-state index contributed by atoms with van der Waals surface area (Å²) in [6.45, 7) is 9.20. The first kappa shape index (κ1) is 22.3. The lowest BCUT2D eigenvalue weighted by Crippen LogP contribution is -2.19. The smallest absolute Gasteiger partial charge is 0.251 e. The van der Waals surface area contributed by atoms with Gasteiger partial charge in [-0.15, -0.1) is 11.3 Å². The summed E-state index contributed by atoms with van der Waals surface area (Å²) in [7, 11) is 0. The van der Waals surface area contributed by atoms with Crippen LogP contribution in [0.1, 0.15) is 73.3 Å². The Hall–Kier alpha value is -2.34. The van der Waals surface area contributed by atoms with E-state index in [1.54, 1.807) is 0 Å². The Kier molecular flexibility index (Phi) is 6.86. The normalized spacial score (nSPS) is 16.1. The summed E-state index contributed by atoms with van der Waals surface area (Å²) in [4.78, 5) is 25.6. The maximum atomic E-state index is 12.4. The summed E-state index contributed by atoms with van der Waals surface area (Å²) in [5.74, 6) is 0.824. The highest BCUT2D eigenvalue weighted by atomic mass is 32.1. The van der Waals surface area contributed by atoms with Crippen molar-refractivity contribution in [2.45, 2.75) is 65.2 Å². The molecule has 0 fully saturated rings. The number of amides is 2. The summed E-state index contributed by atoms with van der Waals surface area (Å²) in [6.07, 6.45) is 3.77.